The predicted octanol–water partition coefficient (Wildman–Crippen LogP) is 6.69. The minimum Gasteiger partial charge on any atom is -0.488 e. The third-order valence-corrected chi connectivity index (χ3v) is 6.37. The zero-order valence-electron chi connectivity index (χ0n) is 17.8. The van der Waals surface area contributed by atoms with Gasteiger partial charge in [-0.1, -0.05) is 48.3 Å². The molecule has 1 heterocycles. The third kappa shape index (κ3) is 6.61. The van der Waals surface area contributed by atoms with Crippen LogP contribution in [0.15, 0.2) is 47.6 Å². The standard InChI is InChI=1S/C23H23ClF3N3O2S/c1-2-3-4-19-20(13-32-17-10-7-15(18(24)12-17)11-21(28)30-31)33-22(29-19)14-5-8-16(9-6-14)23(25,26)27/h5-10,12,31H,2-4,11,13H2,1H3,(H2,28,30). The summed E-state index contributed by atoms with van der Waals surface area (Å²) < 4.78 is 44.5. The Bertz CT molecular complexity index is 1120. The number of halogens is 4. The quantitative estimate of drug-likeness (QED) is 0.149. The molecule has 0 spiro atoms. The van der Waals surface area contributed by atoms with Gasteiger partial charge in [0.15, 0.2) is 0 Å². The number of oxime groups is 1. The number of hydrogen-bond acceptors (Lipinski definition) is 5. The van der Waals surface area contributed by atoms with Crippen LogP contribution in [0.25, 0.3) is 10.6 Å². The van der Waals surface area contributed by atoms with E-state index in [0.717, 1.165) is 42.0 Å². The molecule has 5 nitrogen and oxygen atoms in total. The Labute approximate surface area is 198 Å². The monoisotopic (exact) mass is 497 g/mol. The van der Waals surface area contributed by atoms with E-state index in [-0.39, 0.29) is 18.9 Å². The first-order valence-electron chi connectivity index (χ1n) is 10.2. The van der Waals surface area contributed by atoms with E-state index in [4.69, 9.17) is 27.3 Å². The van der Waals surface area contributed by atoms with E-state index in [9.17, 15) is 13.2 Å². The second-order valence-electron chi connectivity index (χ2n) is 7.38. The summed E-state index contributed by atoms with van der Waals surface area (Å²) in [5.74, 6) is 0.598. The molecule has 3 rings (SSSR count). The molecule has 0 radical (unpaired) electrons. The van der Waals surface area contributed by atoms with Crippen LogP contribution in [0.4, 0.5) is 13.2 Å². The number of aryl methyl sites for hydroxylation is 1. The number of benzene rings is 2. The van der Waals surface area contributed by atoms with Crippen LogP contribution in [-0.4, -0.2) is 16.0 Å². The molecule has 2 aromatic carbocycles. The number of thiazole rings is 1. The van der Waals surface area contributed by atoms with Gasteiger partial charge in [0.1, 0.15) is 23.2 Å². The molecule has 0 fully saturated rings. The Kier molecular flexibility index (Phi) is 8.20. The van der Waals surface area contributed by atoms with Crippen LogP contribution in [0, 0.1) is 0 Å². The van der Waals surface area contributed by atoms with Crippen molar-refractivity contribution in [3.63, 3.8) is 0 Å². The Balaban J connectivity index is 1.78. The molecule has 0 aliphatic rings. The molecule has 10 heteroatoms. The van der Waals surface area contributed by atoms with Gasteiger partial charge in [-0.15, -0.1) is 11.3 Å². The van der Waals surface area contributed by atoms with Crippen molar-refractivity contribution in [1.29, 1.82) is 0 Å². The van der Waals surface area contributed by atoms with Crippen molar-refractivity contribution in [3.8, 4) is 16.3 Å². The second kappa shape index (κ2) is 10.9. The van der Waals surface area contributed by atoms with E-state index in [0.29, 0.717) is 26.9 Å². The SMILES string of the molecule is CCCCc1nc(-c2ccc(C(F)(F)F)cc2)sc1COc1ccc(CC(N)=NO)c(Cl)c1. The van der Waals surface area contributed by atoms with Crippen molar-refractivity contribution in [1.82, 2.24) is 4.98 Å². The average molecular weight is 498 g/mol. The molecule has 0 saturated carbocycles. The molecule has 33 heavy (non-hydrogen) atoms. The van der Waals surface area contributed by atoms with Crippen molar-refractivity contribution in [3.05, 3.63) is 69.2 Å². The Morgan fingerprint density at radius 1 is 1.21 bits per heavy atom. The highest BCUT2D eigenvalue weighted by Crippen LogP contribution is 2.34. The summed E-state index contributed by atoms with van der Waals surface area (Å²) in [6, 6.07) is 10.2. The summed E-state index contributed by atoms with van der Waals surface area (Å²) >= 11 is 7.68. The first-order valence-corrected chi connectivity index (χ1v) is 11.4. The van der Waals surface area contributed by atoms with E-state index in [1.165, 1.54) is 23.5 Å². The lowest BCUT2D eigenvalue weighted by Crippen LogP contribution is -2.14. The molecular formula is C23H23ClF3N3O2S. The zero-order valence-corrected chi connectivity index (χ0v) is 19.4. The van der Waals surface area contributed by atoms with Crippen molar-refractivity contribution in [2.45, 2.75) is 45.4 Å². The van der Waals surface area contributed by atoms with Gasteiger partial charge in [-0.05, 0) is 42.7 Å². The second-order valence-corrected chi connectivity index (χ2v) is 8.87. The lowest BCUT2D eigenvalue weighted by Gasteiger charge is -2.09. The van der Waals surface area contributed by atoms with Crippen molar-refractivity contribution < 1.29 is 23.1 Å². The summed E-state index contributed by atoms with van der Waals surface area (Å²) in [6.07, 6.45) is -1.48. The molecule has 0 bridgehead atoms. The van der Waals surface area contributed by atoms with Crippen LogP contribution < -0.4 is 10.5 Å². The van der Waals surface area contributed by atoms with E-state index >= 15 is 0 Å². The lowest BCUT2D eigenvalue weighted by atomic mass is 10.1. The van der Waals surface area contributed by atoms with Crippen LogP contribution in [0.2, 0.25) is 5.02 Å². The van der Waals surface area contributed by atoms with E-state index < -0.39 is 11.7 Å². The zero-order chi connectivity index (χ0) is 24.0. The Hall–Kier alpha value is -2.78. The van der Waals surface area contributed by atoms with Crippen LogP contribution in [0.1, 0.15) is 41.5 Å². The highest BCUT2D eigenvalue weighted by Gasteiger charge is 2.30. The molecule has 0 aliphatic heterocycles. The van der Waals surface area contributed by atoms with Crippen molar-refractivity contribution in [2.75, 3.05) is 0 Å². The van der Waals surface area contributed by atoms with Crippen LogP contribution in [0.5, 0.6) is 5.75 Å². The number of aromatic nitrogens is 1. The highest BCUT2D eigenvalue weighted by molar-refractivity contribution is 7.15. The van der Waals surface area contributed by atoms with Crippen molar-refractivity contribution >= 4 is 28.8 Å². The van der Waals surface area contributed by atoms with Gasteiger partial charge < -0.3 is 15.7 Å². The summed E-state index contributed by atoms with van der Waals surface area (Å²) in [6.45, 7) is 2.34. The molecular weight excluding hydrogens is 475 g/mol. The molecule has 3 aromatic rings. The largest absolute Gasteiger partial charge is 0.488 e. The topological polar surface area (TPSA) is 80.7 Å². The van der Waals surface area contributed by atoms with Gasteiger partial charge in [-0.25, -0.2) is 4.98 Å². The molecule has 176 valence electrons. The fraction of sp³-hybridized carbons (Fsp3) is 0.304. The predicted molar refractivity (Wildman–Crippen MR) is 124 cm³/mol. The first-order chi connectivity index (χ1) is 15.7. The molecule has 1 aromatic heterocycles. The summed E-state index contributed by atoms with van der Waals surface area (Å²) in [5.41, 5.74) is 7.05. The fourth-order valence-electron chi connectivity index (χ4n) is 3.10. The van der Waals surface area contributed by atoms with E-state index in [1.54, 1.807) is 18.2 Å². The Morgan fingerprint density at radius 2 is 1.94 bits per heavy atom. The van der Waals surface area contributed by atoms with Gasteiger partial charge in [0.25, 0.3) is 0 Å². The highest BCUT2D eigenvalue weighted by atomic mass is 35.5. The third-order valence-electron chi connectivity index (χ3n) is 4.90. The fourth-order valence-corrected chi connectivity index (χ4v) is 4.37. The molecule has 3 N–H and O–H groups in total. The summed E-state index contributed by atoms with van der Waals surface area (Å²) in [5, 5.41) is 12.7. The minimum atomic E-state index is -4.37. The number of unbranched alkanes of at least 4 members (excludes halogenated alkanes) is 1. The van der Waals surface area contributed by atoms with Crippen LogP contribution in [0.3, 0.4) is 0 Å². The average Bonchev–Trinajstić information content (AvgIpc) is 3.20. The maximum atomic E-state index is 12.9. The number of nitrogens with two attached hydrogens (primary N) is 1. The molecule has 0 aliphatic carbocycles. The number of ether oxygens (including phenoxy) is 1. The maximum Gasteiger partial charge on any atom is 0.416 e. The van der Waals surface area contributed by atoms with Gasteiger partial charge in [0.05, 0.1) is 16.1 Å². The van der Waals surface area contributed by atoms with Gasteiger partial charge in [-0.3, -0.25) is 0 Å². The number of amidine groups is 1. The lowest BCUT2D eigenvalue weighted by molar-refractivity contribution is -0.137. The number of rotatable bonds is 9. The molecule has 0 amide bonds. The van der Waals surface area contributed by atoms with Gasteiger partial charge in [0, 0.05) is 17.0 Å². The molecule has 0 atom stereocenters. The summed E-state index contributed by atoms with van der Waals surface area (Å²) in [7, 11) is 0. The Morgan fingerprint density at radius 3 is 2.55 bits per heavy atom. The number of nitrogens with zero attached hydrogens (tertiary/aromatic N) is 2. The summed E-state index contributed by atoms with van der Waals surface area (Å²) in [4.78, 5) is 5.59. The molecule has 0 unspecified atom stereocenters. The molecule has 0 saturated heterocycles. The smallest absolute Gasteiger partial charge is 0.416 e. The van der Waals surface area contributed by atoms with Gasteiger partial charge in [-0.2, -0.15) is 13.2 Å². The van der Waals surface area contributed by atoms with E-state index in [1.807, 2.05) is 0 Å². The number of hydrogen-bond donors (Lipinski definition) is 2. The first kappa shape index (κ1) is 24.9. The van der Waals surface area contributed by atoms with Crippen LogP contribution >= 0.6 is 22.9 Å². The van der Waals surface area contributed by atoms with Gasteiger partial charge in [0.2, 0.25) is 0 Å². The normalized spacial score (nSPS) is 12.2. The van der Waals surface area contributed by atoms with Gasteiger partial charge >= 0.3 is 6.18 Å². The van der Waals surface area contributed by atoms with E-state index in [2.05, 4.69) is 17.1 Å². The maximum absolute atomic E-state index is 12.9. The number of alkyl halides is 3. The minimum absolute atomic E-state index is 0.0478. The van der Waals surface area contributed by atoms with Crippen molar-refractivity contribution in [2.24, 2.45) is 10.9 Å². The van der Waals surface area contributed by atoms with Crippen LogP contribution in [-0.2, 0) is 25.6 Å².